The number of ether oxygens (including phenoxy) is 2. The van der Waals surface area contributed by atoms with Crippen LogP contribution in [0.4, 0.5) is 10.1 Å². The fourth-order valence-electron chi connectivity index (χ4n) is 3.52. The summed E-state index contributed by atoms with van der Waals surface area (Å²) >= 11 is 1.21. The summed E-state index contributed by atoms with van der Waals surface area (Å²) in [6, 6.07) is 17.7. The Hall–Kier alpha value is -4.11. The van der Waals surface area contributed by atoms with Crippen LogP contribution in [-0.2, 0) is 11.4 Å². The van der Waals surface area contributed by atoms with Crippen LogP contribution in [0.1, 0.15) is 28.4 Å². The van der Waals surface area contributed by atoms with Crippen LogP contribution < -0.4 is 9.47 Å². The fraction of sp³-hybridized carbons (Fsp3) is 0.148. The molecule has 3 aromatic rings. The largest absolute Gasteiger partial charge is 0.493 e. The van der Waals surface area contributed by atoms with E-state index in [1.54, 1.807) is 48.5 Å². The van der Waals surface area contributed by atoms with E-state index in [0.717, 1.165) is 5.56 Å². The van der Waals surface area contributed by atoms with E-state index in [4.69, 9.17) is 9.47 Å². The topological polar surface area (TPSA) is 88.4 Å². The number of amidine groups is 1. The van der Waals surface area contributed by atoms with Gasteiger partial charge in [-0.2, -0.15) is 0 Å². The van der Waals surface area contributed by atoms with Crippen LogP contribution in [0.2, 0.25) is 0 Å². The molecule has 0 saturated carbocycles. The molecule has 1 heterocycles. The van der Waals surface area contributed by atoms with Crippen LogP contribution in [0.15, 0.2) is 76.6 Å². The number of amides is 1. The van der Waals surface area contributed by atoms with Gasteiger partial charge in [-0.3, -0.25) is 9.69 Å². The monoisotopic (exact) mass is 506 g/mol. The number of hydrogen-bond acceptors (Lipinski definition) is 6. The Kier molecular flexibility index (Phi) is 7.70. The molecule has 1 aliphatic heterocycles. The Morgan fingerprint density at radius 2 is 1.92 bits per heavy atom. The molecule has 1 saturated heterocycles. The molecule has 0 atom stereocenters. The lowest BCUT2D eigenvalue weighted by Gasteiger charge is -2.12. The highest BCUT2D eigenvalue weighted by Crippen LogP contribution is 2.36. The van der Waals surface area contributed by atoms with E-state index in [1.165, 1.54) is 48.0 Å². The molecule has 36 heavy (non-hydrogen) atoms. The van der Waals surface area contributed by atoms with Crippen LogP contribution >= 0.6 is 11.8 Å². The van der Waals surface area contributed by atoms with Gasteiger partial charge >= 0.3 is 5.97 Å². The number of hydrogen-bond donors (Lipinski definition) is 1. The minimum atomic E-state index is -1.04. The van der Waals surface area contributed by atoms with Crippen molar-refractivity contribution in [3.05, 3.63) is 94.1 Å². The third-order valence-electron chi connectivity index (χ3n) is 5.29. The molecule has 184 valence electrons. The van der Waals surface area contributed by atoms with Gasteiger partial charge in [-0.05, 0) is 78.4 Å². The minimum Gasteiger partial charge on any atom is -0.493 e. The average Bonchev–Trinajstić information content (AvgIpc) is 3.16. The number of carbonyl (C=O) groups is 2. The summed E-state index contributed by atoms with van der Waals surface area (Å²) < 4.78 is 24.7. The SMILES string of the molecule is CCN1C(=O)/C(=C/c2ccc(OCc3cccc(F)c3)c(OC)c2)SC1=Nc1cccc(C(=O)O)c1. The molecule has 9 heteroatoms. The number of nitrogens with zero attached hydrogens (tertiary/aromatic N) is 2. The molecule has 0 spiro atoms. The summed E-state index contributed by atoms with van der Waals surface area (Å²) in [7, 11) is 1.52. The summed E-state index contributed by atoms with van der Waals surface area (Å²) in [4.78, 5) is 30.8. The summed E-state index contributed by atoms with van der Waals surface area (Å²) in [6.07, 6.45) is 1.74. The van der Waals surface area contributed by atoms with Crippen molar-refractivity contribution in [2.75, 3.05) is 13.7 Å². The number of halogens is 1. The zero-order valence-electron chi connectivity index (χ0n) is 19.6. The van der Waals surface area contributed by atoms with Gasteiger partial charge in [0.25, 0.3) is 5.91 Å². The van der Waals surface area contributed by atoms with E-state index in [9.17, 15) is 19.1 Å². The van der Waals surface area contributed by atoms with Crippen molar-refractivity contribution in [2.45, 2.75) is 13.5 Å². The number of carboxylic acids is 1. The predicted octanol–water partition coefficient (Wildman–Crippen LogP) is 5.74. The Bertz CT molecular complexity index is 1370. The smallest absolute Gasteiger partial charge is 0.335 e. The molecule has 0 bridgehead atoms. The molecule has 4 rings (SSSR count). The third-order valence-corrected chi connectivity index (χ3v) is 6.30. The lowest BCUT2D eigenvalue weighted by Crippen LogP contribution is -2.28. The number of carboxylic acid groups (broad SMARTS) is 1. The van der Waals surface area contributed by atoms with Gasteiger partial charge in [0.2, 0.25) is 0 Å². The number of rotatable bonds is 8. The van der Waals surface area contributed by atoms with Crippen LogP contribution in [0, 0.1) is 5.82 Å². The van der Waals surface area contributed by atoms with Gasteiger partial charge in [-0.15, -0.1) is 0 Å². The Morgan fingerprint density at radius 3 is 2.64 bits per heavy atom. The molecule has 7 nitrogen and oxygen atoms in total. The molecule has 1 N–H and O–H groups in total. The van der Waals surface area contributed by atoms with E-state index < -0.39 is 5.97 Å². The van der Waals surface area contributed by atoms with Crippen LogP contribution in [0.25, 0.3) is 6.08 Å². The van der Waals surface area contributed by atoms with Crippen molar-refractivity contribution in [3.63, 3.8) is 0 Å². The summed E-state index contributed by atoms with van der Waals surface area (Å²) in [5.74, 6) is -0.603. The van der Waals surface area contributed by atoms with Crippen molar-refractivity contribution in [2.24, 2.45) is 4.99 Å². The van der Waals surface area contributed by atoms with E-state index in [1.807, 2.05) is 6.92 Å². The van der Waals surface area contributed by atoms with E-state index >= 15 is 0 Å². The number of carbonyl (C=O) groups excluding carboxylic acids is 1. The minimum absolute atomic E-state index is 0.122. The number of likely N-dealkylation sites (N-methyl/N-ethyl adjacent to an activating group) is 1. The number of methoxy groups -OCH3 is 1. The quantitative estimate of drug-likeness (QED) is 0.392. The standard InChI is InChI=1S/C27H23FN2O5S/c1-3-30-25(31)24(36-27(30)29-21-9-5-7-19(15-21)26(32)33)14-17-10-11-22(23(13-17)34-2)35-16-18-6-4-8-20(28)12-18/h4-15H,3,16H2,1-2H3,(H,32,33)/b24-14-,29-27?. The second-order valence-corrected chi connectivity index (χ2v) is 8.75. The second-order valence-electron chi connectivity index (χ2n) is 7.74. The normalized spacial score (nSPS) is 15.5. The average molecular weight is 507 g/mol. The van der Waals surface area contributed by atoms with Gasteiger partial charge < -0.3 is 14.6 Å². The van der Waals surface area contributed by atoms with E-state index in [-0.39, 0.29) is 23.9 Å². The molecule has 0 radical (unpaired) electrons. The maximum absolute atomic E-state index is 13.4. The van der Waals surface area contributed by atoms with Crippen LogP contribution in [0.5, 0.6) is 11.5 Å². The zero-order valence-corrected chi connectivity index (χ0v) is 20.4. The zero-order chi connectivity index (χ0) is 25.7. The van der Waals surface area contributed by atoms with Gasteiger partial charge in [0, 0.05) is 6.54 Å². The number of aliphatic imine (C=N–C) groups is 1. The second kappa shape index (κ2) is 11.1. The van der Waals surface area contributed by atoms with Gasteiger partial charge in [0.1, 0.15) is 12.4 Å². The van der Waals surface area contributed by atoms with Crippen molar-refractivity contribution < 1.29 is 28.6 Å². The highest BCUT2D eigenvalue weighted by molar-refractivity contribution is 8.18. The highest BCUT2D eigenvalue weighted by atomic mass is 32.2. The molecule has 1 aliphatic rings. The molecule has 0 aromatic heterocycles. The summed E-state index contributed by atoms with van der Waals surface area (Å²) in [5, 5.41) is 9.69. The van der Waals surface area contributed by atoms with Gasteiger partial charge in [-0.1, -0.05) is 24.3 Å². The van der Waals surface area contributed by atoms with Gasteiger partial charge in [0.15, 0.2) is 16.7 Å². The molecule has 1 amide bonds. The molecule has 0 aliphatic carbocycles. The summed E-state index contributed by atoms with van der Waals surface area (Å²) in [5.41, 5.74) is 1.99. The van der Waals surface area contributed by atoms with Crippen LogP contribution in [-0.4, -0.2) is 40.7 Å². The molecule has 1 fully saturated rings. The number of aromatic carboxylic acids is 1. The molecular weight excluding hydrogens is 483 g/mol. The molecule has 0 unspecified atom stereocenters. The first-order chi connectivity index (χ1) is 17.4. The van der Waals surface area contributed by atoms with Gasteiger partial charge in [0.05, 0.1) is 23.3 Å². The Balaban J connectivity index is 1.55. The molecule has 3 aromatic carbocycles. The third kappa shape index (κ3) is 5.75. The summed E-state index contributed by atoms with van der Waals surface area (Å²) in [6.45, 7) is 2.44. The molecular formula is C27H23FN2O5S. The van der Waals surface area contributed by atoms with Gasteiger partial charge in [-0.25, -0.2) is 14.2 Å². The maximum Gasteiger partial charge on any atom is 0.335 e. The first-order valence-corrected chi connectivity index (χ1v) is 11.9. The van der Waals surface area contributed by atoms with Crippen LogP contribution in [0.3, 0.4) is 0 Å². The fourth-order valence-corrected chi connectivity index (χ4v) is 4.58. The lowest BCUT2D eigenvalue weighted by molar-refractivity contribution is -0.122. The predicted molar refractivity (Wildman–Crippen MR) is 137 cm³/mol. The van der Waals surface area contributed by atoms with Crippen molar-refractivity contribution in [1.82, 2.24) is 4.90 Å². The number of benzene rings is 3. The first kappa shape index (κ1) is 25.0. The van der Waals surface area contributed by atoms with Crippen molar-refractivity contribution in [1.29, 1.82) is 0 Å². The Labute approximate surface area is 211 Å². The van der Waals surface area contributed by atoms with E-state index in [2.05, 4.69) is 4.99 Å². The maximum atomic E-state index is 13.4. The first-order valence-electron chi connectivity index (χ1n) is 11.1. The van der Waals surface area contributed by atoms with Crippen molar-refractivity contribution in [3.8, 4) is 11.5 Å². The van der Waals surface area contributed by atoms with E-state index in [0.29, 0.717) is 39.4 Å². The highest BCUT2D eigenvalue weighted by Gasteiger charge is 2.32. The van der Waals surface area contributed by atoms with Crippen molar-refractivity contribution >= 4 is 40.6 Å². The number of thioether (sulfide) groups is 1. The Morgan fingerprint density at radius 1 is 1.11 bits per heavy atom. The lowest BCUT2D eigenvalue weighted by atomic mass is 10.1.